The predicted molar refractivity (Wildman–Crippen MR) is 127 cm³/mol. The second kappa shape index (κ2) is 9.04. The predicted octanol–water partition coefficient (Wildman–Crippen LogP) is 7.09. The van der Waals surface area contributed by atoms with Crippen molar-refractivity contribution in [3.63, 3.8) is 0 Å². The van der Waals surface area contributed by atoms with Crippen LogP contribution in [0.1, 0.15) is 12.5 Å². The summed E-state index contributed by atoms with van der Waals surface area (Å²) in [5, 5.41) is 6.00. The van der Waals surface area contributed by atoms with Crippen molar-refractivity contribution in [1.82, 2.24) is 9.78 Å². The van der Waals surface area contributed by atoms with Crippen LogP contribution < -0.4 is 9.47 Å². The third-order valence-electron chi connectivity index (χ3n) is 5.21. The Morgan fingerprint density at radius 3 is 1.87 bits per heavy atom. The number of benzene rings is 3. The fourth-order valence-electron chi connectivity index (χ4n) is 3.62. The summed E-state index contributed by atoms with van der Waals surface area (Å²) in [5.74, 6) is 1.61. The molecule has 4 aromatic rings. The van der Waals surface area contributed by atoms with Gasteiger partial charge in [-0.25, -0.2) is 4.68 Å². The molecule has 4 nitrogen and oxygen atoms in total. The summed E-state index contributed by atoms with van der Waals surface area (Å²) < 4.78 is 12.6. The van der Waals surface area contributed by atoms with Gasteiger partial charge in [0.1, 0.15) is 11.5 Å². The molecule has 0 aliphatic rings. The molecule has 0 radical (unpaired) electrons. The summed E-state index contributed by atoms with van der Waals surface area (Å²) >= 11 is 12.5. The molecule has 0 atom stereocenters. The Morgan fingerprint density at radius 2 is 1.35 bits per heavy atom. The molecule has 0 bridgehead atoms. The first-order chi connectivity index (χ1) is 15.0. The van der Waals surface area contributed by atoms with Crippen LogP contribution in [0.5, 0.6) is 11.5 Å². The van der Waals surface area contributed by atoms with Crippen LogP contribution >= 0.6 is 23.2 Å². The van der Waals surface area contributed by atoms with Crippen molar-refractivity contribution < 1.29 is 9.47 Å². The van der Waals surface area contributed by atoms with Crippen molar-refractivity contribution in [1.29, 1.82) is 0 Å². The third-order valence-corrected chi connectivity index (χ3v) is 5.95. The average Bonchev–Trinajstić information content (AvgIpc) is 3.20. The molecule has 1 aromatic heterocycles. The molecule has 1 heterocycles. The van der Waals surface area contributed by atoms with Crippen molar-refractivity contribution in [3.05, 3.63) is 82.3 Å². The quantitative estimate of drug-likeness (QED) is 0.313. The largest absolute Gasteiger partial charge is 0.497 e. The summed E-state index contributed by atoms with van der Waals surface area (Å²) in [5.41, 5.74) is 5.97. The molecule has 0 aliphatic carbocycles. The molecule has 6 heteroatoms. The van der Waals surface area contributed by atoms with Crippen LogP contribution in [0.15, 0.2) is 66.7 Å². The lowest BCUT2D eigenvalue weighted by atomic mass is 9.99. The molecule has 3 aromatic carbocycles. The first kappa shape index (κ1) is 21.3. The minimum absolute atomic E-state index is 0.486. The highest BCUT2D eigenvalue weighted by Gasteiger charge is 2.21. The zero-order chi connectivity index (χ0) is 22.0. The zero-order valence-electron chi connectivity index (χ0n) is 17.5. The van der Waals surface area contributed by atoms with E-state index in [2.05, 4.69) is 6.92 Å². The van der Waals surface area contributed by atoms with E-state index >= 15 is 0 Å². The lowest BCUT2D eigenvalue weighted by Crippen LogP contribution is -2.00. The Bertz CT molecular complexity index is 1200. The molecule has 0 saturated carbocycles. The van der Waals surface area contributed by atoms with E-state index < -0.39 is 0 Å². The molecule has 0 N–H and O–H groups in total. The molecule has 158 valence electrons. The molecule has 0 unspecified atom stereocenters. The lowest BCUT2D eigenvalue weighted by molar-refractivity contribution is 0.414. The van der Waals surface area contributed by atoms with Crippen LogP contribution in [-0.4, -0.2) is 24.0 Å². The average molecular weight is 453 g/mol. The van der Waals surface area contributed by atoms with Crippen molar-refractivity contribution >= 4 is 23.2 Å². The lowest BCUT2D eigenvalue weighted by Gasteiger charge is -2.11. The number of hydrogen-bond acceptors (Lipinski definition) is 3. The first-order valence-corrected chi connectivity index (χ1v) is 10.7. The van der Waals surface area contributed by atoms with Gasteiger partial charge in [-0.05, 0) is 73.2 Å². The van der Waals surface area contributed by atoms with Crippen molar-refractivity contribution in [3.8, 4) is 39.7 Å². The Balaban J connectivity index is 1.96. The fraction of sp³-hybridized carbons (Fsp3) is 0.160. The molecule has 31 heavy (non-hydrogen) atoms. The van der Waals surface area contributed by atoms with E-state index in [-0.39, 0.29) is 0 Å². The second-order valence-corrected chi connectivity index (χ2v) is 7.81. The summed E-state index contributed by atoms with van der Waals surface area (Å²) in [6, 6.07) is 21.5. The van der Waals surface area contributed by atoms with Gasteiger partial charge in [-0.2, -0.15) is 5.10 Å². The minimum atomic E-state index is 0.486. The number of aromatic nitrogens is 2. The fourth-order valence-corrected chi connectivity index (χ4v) is 3.91. The first-order valence-electron chi connectivity index (χ1n) is 9.91. The standard InChI is InChI=1S/C25H22Cl2N2O2/c1-4-21-24(16-5-10-19(30-2)11-6-16)28-29(18-9-14-22(26)23(27)15-18)25(21)17-7-12-20(31-3)13-8-17/h5-15H,4H2,1-3H3. The van der Waals surface area contributed by atoms with E-state index in [9.17, 15) is 0 Å². The van der Waals surface area contributed by atoms with Gasteiger partial charge < -0.3 is 9.47 Å². The Hall–Kier alpha value is -2.95. The van der Waals surface area contributed by atoms with E-state index in [0.717, 1.165) is 51.7 Å². The monoisotopic (exact) mass is 452 g/mol. The van der Waals surface area contributed by atoms with Crippen LogP contribution in [0, 0.1) is 0 Å². The van der Waals surface area contributed by atoms with E-state index in [4.69, 9.17) is 37.8 Å². The van der Waals surface area contributed by atoms with Gasteiger partial charge in [0, 0.05) is 16.7 Å². The smallest absolute Gasteiger partial charge is 0.118 e. The van der Waals surface area contributed by atoms with Crippen LogP contribution in [0.2, 0.25) is 10.0 Å². The summed E-state index contributed by atoms with van der Waals surface area (Å²) in [7, 11) is 3.32. The van der Waals surface area contributed by atoms with Crippen LogP contribution in [0.4, 0.5) is 0 Å². The molecule has 0 aliphatic heterocycles. The molecule has 0 amide bonds. The highest BCUT2D eigenvalue weighted by atomic mass is 35.5. The van der Waals surface area contributed by atoms with Crippen molar-refractivity contribution in [2.24, 2.45) is 0 Å². The Morgan fingerprint density at radius 1 is 0.774 bits per heavy atom. The van der Waals surface area contributed by atoms with Gasteiger partial charge in [0.25, 0.3) is 0 Å². The van der Waals surface area contributed by atoms with E-state index in [1.807, 2.05) is 65.3 Å². The number of rotatable bonds is 6. The highest BCUT2D eigenvalue weighted by Crippen LogP contribution is 2.37. The van der Waals surface area contributed by atoms with Gasteiger partial charge in [-0.3, -0.25) is 0 Å². The minimum Gasteiger partial charge on any atom is -0.497 e. The van der Waals surface area contributed by atoms with Crippen LogP contribution in [0.25, 0.3) is 28.2 Å². The molecule has 0 saturated heterocycles. The number of nitrogens with zero attached hydrogens (tertiary/aromatic N) is 2. The van der Waals surface area contributed by atoms with Gasteiger partial charge in [-0.1, -0.05) is 30.1 Å². The maximum atomic E-state index is 6.33. The van der Waals surface area contributed by atoms with Crippen LogP contribution in [-0.2, 0) is 6.42 Å². The summed E-state index contributed by atoms with van der Waals surface area (Å²) in [4.78, 5) is 0. The van der Waals surface area contributed by atoms with Crippen LogP contribution in [0.3, 0.4) is 0 Å². The van der Waals surface area contributed by atoms with Gasteiger partial charge in [0.15, 0.2) is 0 Å². The van der Waals surface area contributed by atoms with Gasteiger partial charge in [0.05, 0.1) is 41.3 Å². The van der Waals surface area contributed by atoms with E-state index in [0.29, 0.717) is 10.0 Å². The van der Waals surface area contributed by atoms with Gasteiger partial charge >= 0.3 is 0 Å². The maximum Gasteiger partial charge on any atom is 0.118 e. The molecule has 0 spiro atoms. The number of hydrogen-bond donors (Lipinski definition) is 0. The number of ether oxygens (including phenoxy) is 2. The third kappa shape index (κ3) is 4.14. The number of halogens is 2. The number of methoxy groups -OCH3 is 2. The topological polar surface area (TPSA) is 36.3 Å². The van der Waals surface area contributed by atoms with Gasteiger partial charge in [0.2, 0.25) is 0 Å². The summed E-state index contributed by atoms with van der Waals surface area (Å²) in [6.45, 7) is 2.14. The maximum absolute atomic E-state index is 6.33. The molecule has 0 fully saturated rings. The Labute approximate surface area is 192 Å². The Kier molecular flexibility index (Phi) is 6.21. The zero-order valence-corrected chi connectivity index (χ0v) is 19.0. The van der Waals surface area contributed by atoms with E-state index in [1.165, 1.54) is 0 Å². The second-order valence-electron chi connectivity index (χ2n) is 7.00. The molecule has 4 rings (SSSR count). The van der Waals surface area contributed by atoms with Crippen molar-refractivity contribution in [2.75, 3.05) is 14.2 Å². The molecular formula is C25H22Cl2N2O2. The molecular weight excluding hydrogens is 431 g/mol. The summed E-state index contributed by atoms with van der Waals surface area (Å²) in [6.07, 6.45) is 0.810. The van der Waals surface area contributed by atoms with Gasteiger partial charge in [-0.15, -0.1) is 0 Å². The SMILES string of the molecule is CCc1c(-c2ccc(OC)cc2)nn(-c2ccc(Cl)c(Cl)c2)c1-c1ccc(OC)cc1. The van der Waals surface area contributed by atoms with E-state index in [1.54, 1.807) is 20.3 Å². The van der Waals surface area contributed by atoms with Crippen molar-refractivity contribution in [2.45, 2.75) is 13.3 Å². The normalized spacial score (nSPS) is 10.9. The highest BCUT2D eigenvalue weighted by molar-refractivity contribution is 6.42.